The maximum Gasteiger partial charge on any atom is 0.433 e. The van der Waals surface area contributed by atoms with E-state index in [0.29, 0.717) is 47.0 Å². The number of benzene rings is 1. The number of nitrogen functional groups attached to an aromatic ring is 1. The van der Waals surface area contributed by atoms with Gasteiger partial charge in [0.2, 0.25) is 0 Å². The Labute approximate surface area is 242 Å². The smallest absolute Gasteiger partial charge is 0.383 e. The molecule has 0 saturated carbocycles. The number of halogens is 3. The quantitative estimate of drug-likeness (QED) is 0.290. The van der Waals surface area contributed by atoms with E-state index in [4.69, 9.17) is 15.7 Å². The second kappa shape index (κ2) is 10.0. The Morgan fingerprint density at radius 3 is 2.63 bits per heavy atom. The van der Waals surface area contributed by atoms with E-state index in [-0.39, 0.29) is 11.6 Å². The number of alkyl halides is 3. The molecule has 5 heterocycles. The lowest BCUT2D eigenvalue weighted by Crippen LogP contribution is -2.27. The van der Waals surface area contributed by atoms with Crippen molar-refractivity contribution < 1.29 is 18.0 Å². The van der Waals surface area contributed by atoms with Crippen molar-refractivity contribution in [2.45, 2.75) is 25.1 Å². The summed E-state index contributed by atoms with van der Waals surface area (Å²) in [5.74, 6) is 1.02. The molecule has 0 unspecified atom stereocenters. The van der Waals surface area contributed by atoms with Gasteiger partial charge in [0.05, 0.1) is 17.2 Å². The van der Waals surface area contributed by atoms with Crippen LogP contribution in [0.2, 0.25) is 0 Å². The summed E-state index contributed by atoms with van der Waals surface area (Å²) in [5.41, 5.74) is 9.92. The Morgan fingerprint density at radius 2 is 1.88 bits per heavy atom. The zero-order valence-corrected chi connectivity index (χ0v) is 22.3. The van der Waals surface area contributed by atoms with E-state index in [0.717, 1.165) is 35.1 Å². The highest BCUT2D eigenvalue weighted by molar-refractivity contribution is 5.94. The van der Waals surface area contributed by atoms with Crippen LogP contribution in [0.3, 0.4) is 0 Å². The molecule has 1 amide bonds. The van der Waals surface area contributed by atoms with Crippen LogP contribution in [0.1, 0.15) is 39.6 Å². The number of pyridine rings is 3. The number of rotatable bonds is 5. The number of carbonyl (C=O) groups is 1. The molecule has 214 valence electrons. The molecule has 1 aromatic carbocycles. The summed E-state index contributed by atoms with van der Waals surface area (Å²) in [6.07, 6.45) is 2.78. The number of amides is 1. The second-order valence-corrected chi connectivity index (χ2v) is 10.0. The standard InChI is InChI=1S/C30H22F3N9O/c31-30(32,33)24-10-5-18(16-36-24)29(43)39-22-8-4-17-15-19(6-7-20(17)22)42-27(21-3-1-12-35-26(21)34)38-23-9-11-25(40-28(23)42)41-14-2-13-37-41/h1-3,5-7,9-16,22H,4,8H2,(H2,34,35)(H,39,43)/t22-/m0/s1. The van der Waals surface area contributed by atoms with Crippen molar-refractivity contribution in [2.24, 2.45) is 0 Å². The number of carbonyl (C=O) groups excluding carboxylic acids is 1. The minimum absolute atomic E-state index is 0.0562. The van der Waals surface area contributed by atoms with Crippen molar-refractivity contribution in [1.29, 1.82) is 0 Å². The summed E-state index contributed by atoms with van der Waals surface area (Å²) in [7, 11) is 0. The lowest BCUT2D eigenvalue weighted by Gasteiger charge is -2.16. The molecule has 0 radical (unpaired) electrons. The maximum absolute atomic E-state index is 12.9. The molecule has 1 aliphatic carbocycles. The summed E-state index contributed by atoms with van der Waals surface area (Å²) >= 11 is 0. The van der Waals surface area contributed by atoms with Gasteiger partial charge in [-0.15, -0.1) is 0 Å². The number of aromatic nitrogens is 7. The van der Waals surface area contributed by atoms with Crippen molar-refractivity contribution in [3.05, 3.63) is 108 Å². The SMILES string of the molecule is Nc1ncccc1-c1nc2ccc(-n3cccn3)nc2n1-c1ccc2c(c1)CC[C@@H]2NC(=O)c1ccc(C(F)(F)F)nc1. The number of imidazole rings is 1. The molecule has 5 aromatic heterocycles. The van der Waals surface area contributed by atoms with Gasteiger partial charge in [-0.25, -0.2) is 19.6 Å². The van der Waals surface area contributed by atoms with Crippen LogP contribution in [0.25, 0.3) is 34.1 Å². The van der Waals surface area contributed by atoms with Gasteiger partial charge < -0.3 is 11.1 Å². The van der Waals surface area contributed by atoms with Gasteiger partial charge in [-0.3, -0.25) is 14.3 Å². The molecule has 1 atom stereocenters. The van der Waals surface area contributed by atoms with Crippen molar-refractivity contribution in [3.8, 4) is 22.9 Å². The van der Waals surface area contributed by atoms with Gasteiger partial charge in [0.15, 0.2) is 17.3 Å². The number of aryl methyl sites for hydroxylation is 1. The number of nitrogens with two attached hydrogens (primary N) is 1. The molecule has 0 saturated heterocycles. The molecule has 0 fully saturated rings. The lowest BCUT2D eigenvalue weighted by molar-refractivity contribution is -0.141. The third-order valence-corrected chi connectivity index (χ3v) is 7.39. The van der Waals surface area contributed by atoms with E-state index in [1.807, 2.05) is 47.0 Å². The van der Waals surface area contributed by atoms with E-state index < -0.39 is 17.8 Å². The molecule has 1 aliphatic rings. The van der Waals surface area contributed by atoms with Crippen molar-refractivity contribution in [2.75, 3.05) is 5.73 Å². The van der Waals surface area contributed by atoms with Crippen LogP contribution in [0.15, 0.2) is 85.5 Å². The van der Waals surface area contributed by atoms with Crippen LogP contribution in [0.5, 0.6) is 0 Å². The summed E-state index contributed by atoms with van der Waals surface area (Å²) in [5, 5.41) is 7.23. The zero-order chi connectivity index (χ0) is 29.7. The fraction of sp³-hybridized carbons (Fsp3) is 0.133. The van der Waals surface area contributed by atoms with Gasteiger partial charge in [-0.05, 0) is 78.6 Å². The van der Waals surface area contributed by atoms with Gasteiger partial charge in [-0.2, -0.15) is 18.3 Å². The molecular weight excluding hydrogens is 559 g/mol. The highest BCUT2D eigenvalue weighted by Crippen LogP contribution is 2.36. The second-order valence-electron chi connectivity index (χ2n) is 10.0. The first-order valence-electron chi connectivity index (χ1n) is 13.3. The van der Waals surface area contributed by atoms with Crippen molar-refractivity contribution in [3.63, 3.8) is 0 Å². The van der Waals surface area contributed by atoms with Crippen LogP contribution in [-0.2, 0) is 12.6 Å². The fourth-order valence-electron chi connectivity index (χ4n) is 5.34. The monoisotopic (exact) mass is 581 g/mol. The van der Waals surface area contributed by atoms with Crippen molar-refractivity contribution >= 4 is 22.9 Å². The number of hydrogen-bond donors (Lipinski definition) is 2. The number of fused-ring (bicyclic) bond motifs is 2. The molecular formula is C30H22F3N9O. The van der Waals surface area contributed by atoms with Crippen LogP contribution >= 0.6 is 0 Å². The molecule has 0 bridgehead atoms. The fourth-order valence-corrected chi connectivity index (χ4v) is 5.34. The lowest BCUT2D eigenvalue weighted by atomic mass is 10.1. The molecule has 3 N–H and O–H groups in total. The molecule has 13 heteroatoms. The average Bonchev–Trinajstić information content (AvgIpc) is 3.76. The third kappa shape index (κ3) is 4.74. The molecule has 43 heavy (non-hydrogen) atoms. The highest BCUT2D eigenvalue weighted by atomic mass is 19.4. The van der Waals surface area contributed by atoms with Crippen LogP contribution < -0.4 is 11.1 Å². The zero-order valence-electron chi connectivity index (χ0n) is 22.3. The first-order chi connectivity index (χ1) is 20.8. The Bertz CT molecular complexity index is 1980. The predicted octanol–water partition coefficient (Wildman–Crippen LogP) is 5.08. The van der Waals surface area contributed by atoms with Gasteiger partial charge in [0, 0.05) is 30.5 Å². The van der Waals surface area contributed by atoms with E-state index in [2.05, 4.69) is 20.4 Å². The topological polar surface area (TPSA) is 129 Å². The summed E-state index contributed by atoms with van der Waals surface area (Å²) in [4.78, 5) is 30.2. The van der Waals surface area contributed by atoms with E-state index in [1.165, 1.54) is 0 Å². The molecule has 0 aliphatic heterocycles. The number of nitrogens with one attached hydrogen (secondary N) is 1. The first kappa shape index (κ1) is 26.3. The van der Waals surface area contributed by atoms with E-state index in [9.17, 15) is 18.0 Å². The molecule has 6 aromatic rings. The summed E-state index contributed by atoms with van der Waals surface area (Å²) in [6.45, 7) is 0. The molecule has 0 spiro atoms. The summed E-state index contributed by atoms with van der Waals surface area (Å²) in [6, 6.07) is 16.7. The van der Waals surface area contributed by atoms with Crippen LogP contribution in [-0.4, -0.2) is 40.2 Å². The Balaban J connectivity index is 1.25. The van der Waals surface area contributed by atoms with Gasteiger partial charge in [0.25, 0.3) is 5.91 Å². The van der Waals surface area contributed by atoms with Gasteiger partial charge in [-0.1, -0.05) is 6.07 Å². The number of hydrogen-bond acceptors (Lipinski definition) is 7. The van der Waals surface area contributed by atoms with Crippen LogP contribution in [0, 0.1) is 0 Å². The minimum Gasteiger partial charge on any atom is -0.383 e. The predicted molar refractivity (Wildman–Crippen MR) is 151 cm³/mol. The summed E-state index contributed by atoms with van der Waals surface area (Å²) < 4.78 is 42.2. The number of nitrogens with zero attached hydrogens (tertiary/aromatic N) is 7. The van der Waals surface area contributed by atoms with E-state index >= 15 is 0 Å². The van der Waals surface area contributed by atoms with Crippen molar-refractivity contribution in [1.82, 2.24) is 39.6 Å². The largest absolute Gasteiger partial charge is 0.433 e. The Morgan fingerprint density at radius 1 is 1.00 bits per heavy atom. The normalized spacial score (nSPS) is 14.6. The number of anilines is 1. The Hall–Kier alpha value is -5.59. The van der Waals surface area contributed by atoms with E-state index in [1.54, 1.807) is 29.3 Å². The maximum atomic E-state index is 12.9. The minimum atomic E-state index is -4.57. The third-order valence-electron chi connectivity index (χ3n) is 7.39. The highest BCUT2D eigenvalue weighted by Gasteiger charge is 2.32. The van der Waals surface area contributed by atoms with Gasteiger partial charge >= 0.3 is 6.18 Å². The average molecular weight is 582 g/mol. The van der Waals surface area contributed by atoms with Crippen LogP contribution in [0.4, 0.5) is 19.0 Å². The molecule has 7 rings (SSSR count). The Kier molecular flexibility index (Phi) is 6.15. The molecule has 10 nitrogen and oxygen atoms in total. The first-order valence-corrected chi connectivity index (χ1v) is 13.3. The van der Waals surface area contributed by atoms with Gasteiger partial charge in [0.1, 0.15) is 17.0 Å².